The van der Waals surface area contributed by atoms with Crippen LogP contribution < -0.4 is 14.9 Å². The van der Waals surface area contributed by atoms with E-state index in [-0.39, 0.29) is 46.8 Å². The highest BCUT2D eigenvalue weighted by molar-refractivity contribution is 5.93. The minimum absolute atomic E-state index is 0.00266. The van der Waals surface area contributed by atoms with Crippen molar-refractivity contribution in [3.05, 3.63) is 75.9 Å². The van der Waals surface area contributed by atoms with Gasteiger partial charge in [0, 0.05) is 34.7 Å². The number of aromatic hydroxyl groups is 3. The lowest BCUT2D eigenvalue weighted by atomic mass is 9.84. The van der Waals surface area contributed by atoms with Gasteiger partial charge < -0.3 is 33.9 Å². The van der Waals surface area contributed by atoms with Crippen molar-refractivity contribution in [3.8, 4) is 40.1 Å². The molecule has 0 amide bonds. The smallest absolute Gasteiger partial charge is 0.343 e. The maximum Gasteiger partial charge on any atom is 0.343 e. The highest BCUT2D eigenvalue weighted by Gasteiger charge is 2.35. The largest absolute Gasteiger partial charge is 0.507 e. The Morgan fingerprint density at radius 1 is 1.00 bits per heavy atom. The Bertz CT molecular complexity index is 1620. The molecule has 0 fully saturated rings. The van der Waals surface area contributed by atoms with Crippen LogP contribution in [0.3, 0.4) is 0 Å². The lowest BCUT2D eigenvalue weighted by Crippen LogP contribution is -2.23. The van der Waals surface area contributed by atoms with Crippen molar-refractivity contribution in [2.24, 2.45) is 0 Å². The van der Waals surface area contributed by atoms with Gasteiger partial charge in [-0.15, -0.1) is 0 Å². The summed E-state index contributed by atoms with van der Waals surface area (Å²) in [6.07, 6.45) is -0.139. The van der Waals surface area contributed by atoms with Gasteiger partial charge in [0.2, 0.25) is 0 Å². The quantitative estimate of drug-likeness (QED) is 0.209. The van der Waals surface area contributed by atoms with Gasteiger partial charge in [-0.25, -0.2) is 4.79 Å². The summed E-state index contributed by atoms with van der Waals surface area (Å²) in [7, 11) is 1.23. The van der Waals surface area contributed by atoms with E-state index in [9.17, 15) is 29.7 Å². The third-order valence-electron chi connectivity index (χ3n) is 6.05. The Hall–Kier alpha value is -4.99. The van der Waals surface area contributed by atoms with Crippen LogP contribution in [0.5, 0.6) is 28.7 Å². The van der Waals surface area contributed by atoms with Gasteiger partial charge in [0.15, 0.2) is 23.5 Å². The van der Waals surface area contributed by atoms with Crippen LogP contribution in [0.2, 0.25) is 0 Å². The van der Waals surface area contributed by atoms with Gasteiger partial charge in [-0.3, -0.25) is 9.59 Å². The molecular weight excluding hydrogens is 484 g/mol. The molecule has 4 aromatic rings. The van der Waals surface area contributed by atoms with Crippen molar-refractivity contribution in [1.82, 2.24) is 0 Å². The van der Waals surface area contributed by atoms with Crippen molar-refractivity contribution in [3.63, 3.8) is 0 Å². The van der Waals surface area contributed by atoms with E-state index >= 15 is 0 Å². The zero-order valence-electron chi connectivity index (χ0n) is 19.4. The predicted molar refractivity (Wildman–Crippen MR) is 129 cm³/mol. The molecule has 3 aromatic carbocycles. The van der Waals surface area contributed by atoms with Crippen molar-refractivity contribution in [2.45, 2.75) is 12.3 Å². The molecule has 1 atom stereocenters. The molecular formula is C27H20O10. The number of fused-ring (bicyclic) bond motifs is 3. The second kappa shape index (κ2) is 9.23. The first-order valence-corrected chi connectivity index (χ1v) is 11.1. The number of methoxy groups -OCH3 is 1. The molecule has 1 aromatic heterocycles. The molecule has 1 aliphatic heterocycles. The van der Waals surface area contributed by atoms with Crippen molar-refractivity contribution < 1.29 is 43.5 Å². The molecule has 0 spiro atoms. The van der Waals surface area contributed by atoms with Crippen LogP contribution in [0.1, 0.15) is 23.5 Å². The molecule has 0 radical (unpaired) electrons. The molecule has 0 aliphatic carbocycles. The molecule has 3 N–H and O–H groups in total. The zero-order valence-corrected chi connectivity index (χ0v) is 19.4. The third-order valence-corrected chi connectivity index (χ3v) is 6.05. The number of benzene rings is 3. The van der Waals surface area contributed by atoms with Gasteiger partial charge in [-0.2, -0.15) is 0 Å². The molecule has 0 unspecified atom stereocenters. The van der Waals surface area contributed by atoms with E-state index in [1.807, 2.05) is 0 Å². The summed E-state index contributed by atoms with van der Waals surface area (Å²) in [6, 6.07) is 13.0. The second-order valence-corrected chi connectivity index (χ2v) is 8.32. The highest BCUT2D eigenvalue weighted by atomic mass is 16.6. The molecule has 10 heteroatoms. The minimum atomic E-state index is -0.722. The highest BCUT2D eigenvalue weighted by Crippen LogP contribution is 2.47. The average Bonchev–Trinajstić information content (AvgIpc) is 2.88. The first-order valence-electron chi connectivity index (χ1n) is 11.1. The summed E-state index contributed by atoms with van der Waals surface area (Å²) < 4.78 is 21.8. The lowest BCUT2D eigenvalue weighted by molar-refractivity contribution is -0.143. The van der Waals surface area contributed by atoms with Crippen LogP contribution in [-0.4, -0.2) is 41.0 Å². The van der Waals surface area contributed by atoms with Crippen LogP contribution in [-0.2, 0) is 14.3 Å². The Morgan fingerprint density at radius 3 is 2.54 bits per heavy atom. The van der Waals surface area contributed by atoms with E-state index in [0.717, 1.165) is 6.07 Å². The SMILES string of the molecule is COC(=O)COc1ccccc1[C@@H]1CC(=O)Oc2cc(O)c3c(=O)cc(-c4ccc(O)c(O)c4)oc3c21. The fourth-order valence-corrected chi connectivity index (χ4v) is 4.34. The average molecular weight is 504 g/mol. The minimum Gasteiger partial charge on any atom is -0.507 e. The Morgan fingerprint density at radius 2 is 1.78 bits per heavy atom. The van der Waals surface area contributed by atoms with Gasteiger partial charge in [-0.1, -0.05) is 18.2 Å². The Balaban J connectivity index is 1.74. The standard InChI is InChI=1S/C27H20O10/c1-34-24(33)12-35-20-5-3-2-4-14(20)15-9-23(32)36-22-11-19(31)26-18(30)10-21(37-27(26)25(15)22)13-6-7-16(28)17(29)8-13/h2-8,10-11,15,28-29,31H,9,12H2,1H3/t15-/m0/s1. The van der Waals surface area contributed by atoms with E-state index in [1.165, 1.54) is 31.4 Å². The number of carbonyl (C=O) groups is 2. The van der Waals surface area contributed by atoms with Crippen LogP contribution >= 0.6 is 0 Å². The summed E-state index contributed by atoms with van der Waals surface area (Å²) in [5, 5.41) is 30.1. The van der Waals surface area contributed by atoms with Gasteiger partial charge >= 0.3 is 11.9 Å². The molecule has 2 heterocycles. The molecule has 188 valence electrons. The number of rotatable bonds is 5. The second-order valence-electron chi connectivity index (χ2n) is 8.32. The molecule has 0 bridgehead atoms. The number of hydrogen-bond donors (Lipinski definition) is 3. The number of phenols is 3. The van der Waals surface area contributed by atoms with Gasteiger partial charge in [0.05, 0.1) is 13.5 Å². The van der Waals surface area contributed by atoms with Gasteiger partial charge in [-0.05, 0) is 24.3 Å². The van der Waals surface area contributed by atoms with Gasteiger partial charge in [0.1, 0.15) is 34.0 Å². The Kier molecular flexibility index (Phi) is 5.92. The summed E-state index contributed by atoms with van der Waals surface area (Å²) in [6.45, 7) is -0.364. The van der Waals surface area contributed by atoms with E-state index in [1.54, 1.807) is 24.3 Å². The maximum atomic E-state index is 13.1. The predicted octanol–water partition coefficient (Wildman–Crippen LogP) is 3.57. The number of phenolic OH excluding ortho intramolecular Hbond substituents is 3. The zero-order chi connectivity index (χ0) is 26.3. The first-order chi connectivity index (χ1) is 17.8. The fourth-order valence-electron chi connectivity index (χ4n) is 4.34. The molecule has 0 saturated heterocycles. The van der Waals surface area contributed by atoms with Crippen LogP contribution in [0.25, 0.3) is 22.3 Å². The van der Waals surface area contributed by atoms with Crippen molar-refractivity contribution in [1.29, 1.82) is 0 Å². The molecule has 1 aliphatic rings. The van der Waals surface area contributed by atoms with Crippen molar-refractivity contribution in [2.75, 3.05) is 13.7 Å². The molecule has 5 rings (SSSR count). The third kappa shape index (κ3) is 4.29. The summed E-state index contributed by atoms with van der Waals surface area (Å²) in [4.78, 5) is 37.3. The Labute approximate surface area is 208 Å². The topological polar surface area (TPSA) is 153 Å². The van der Waals surface area contributed by atoms with Crippen molar-refractivity contribution >= 4 is 22.9 Å². The number of carbonyl (C=O) groups excluding carboxylic acids is 2. The first kappa shape index (κ1) is 23.7. The van der Waals surface area contributed by atoms with E-state index in [0.29, 0.717) is 16.9 Å². The lowest BCUT2D eigenvalue weighted by Gasteiger charge is -2.27. The number of ether oxygens (including phenoxy) is 3. The van der Waals surface area contributed by atoms with Crippen LogP contribution in [0.4, 0.5) is 0 Å². The number of para-hydroxylation sites is 1. The van der Waals surface area contributed by atoms with E-state index in [4.69, 9.17) is 13.9 Å². The summed E-state index contributed by atoms with van der Waals surface area (Å²) in [5.41, 5.74) is 0.535. The number of hydrogen-bond acceptors (Lipinski definition) is 10. The molecule has 37 heavy (non-hydrogen) atoms. The monoisotopic (exact) mass is 504 g/mol. The maximum absolute atomic E-state index is 13.1. The van der Waals surface area contributed by atoms with Crippen LogP contribution in [0, 0.1) is 0 Å². The fraction of sp³-hybridized carbons (Fsp3) is 0.148. The number of esters is 2. The molecule has 0 saturated carbocycles. The molecule has 10 nitrogen and oxygen atoms in total. The summed E-state index contributed by atoms with van der Waals surface area (Å²) in [5.74, 6) is -2.75. The summed E-state index contributed by atoms with van der Waals surface area (Å²) >= 11 is 0. The van der Waals surface area contributed by atoms with E-state index < -0.39 is 34.8 Å². The van der Waals surface area contributed by atoms with E-state index in [2.05, 4.69) is 4.74 Å². The van der Waals surface area contributed by atoms with Gasteiger partial charge in [0.25, 0.3) is 0 Å². The van der Waals surface area contributed by atoms with Crippen LogP contribution in [0.15, 0.2) is 63.8 Å². The normalized spacial score (nSPS) is 14.6.